The van der Waals surface area contributed by atoms with Crippen LogP contribution in [0.3, 0.4) is 0 Å². The van der Waals surface area contributed by atoms with Gasteiger partial charge in [0, 0.05) is 13.6 Å². The third kappa shape index (κ3) is 2.41. The van der Waals surface area contributed by atoms with Crippen LogP contribution in [0.15, 0.2) is 18.2 Å². The van der Waals surface area contributed by atoms with Crippen LogP contribution in [-0.4, -0.2) is 43.5 Å². The lowest BCUT2D eigenvalue weighted by molar-refractivity contribution is -0.124. The number of carbonyl (C=O) groups is 2. The Labute approximate surface area is 117 Å². The van der Waals surface area contributed by atoms with E-state index in [0.29, 0.717) is 30.0 Å². The number of benzene rings is 1. The molecule has 0 aliphatic carbocycles. The Morgan fingerprint density at radius 1 is 1.45 bits per heavy atom. The summed E-state index contributed by atoms with van der Waals surface area (Å²) in [5, 5.41) is 2.59. The van der Waals surface area contributed by atoms with Crippen molar-refractivity contribution in [3.05, 3.63) is 23.8 Å². The number of ether oxygens (including phenoxy) is 1. The Balaban J connectivity index is 2.32. The number of nitrogens with two attached hydrogens (primary N) is 1. The van der Waals surface area contributed by atoms with Gasteiger partial charge in [0.25, 0.3) is 5.91 Å². The van der Waals surface area contributed by atoms with Crippen LogP contribution in [0.2, 0.25) is 0 Å². The normalized spacial score (nSPS) is 17.9. The molecule has 108 valence electrons. The lowest BCUT2D eigenvalue weighted by atomic mass is 10.1. The van der Waals surface area contributed by atoms with Gasteiger partial charge in [-0.2, -0.15) is 0 Å². The van der Waals surface area contributed by atoms with E-state index in [2.05, 4.69) is 5.32 Å². The second-order valence-corrected chi connectivity index (χ2v) is 4.70. The second kappa shape index (κ2) is 5.81. The van der Waals surface area contributed by atoms with Crippen molar-refractivity contribution < 1.29 is 14.3 Å². The SMILES string of the molecule is CNC(=O)C1CCCN1C(=O)c1cccc(N)c1OC. The summed E-state index contributed by atoms with van der Waals surface area (Å²) in [5.74, 6) is -0.000901. The second-order valence-electron chi connectivity index (χ2n) is 4.70. The van der Waals surface area contributed by atoms with Gasteiger partial charge < -0.3 is 20.7 Å². The number of para-hydroxylation sites is 1. The van der Waals surface area contributed by atoms with Gasteiger partial charge in [0.2, 0.25) is 5.91 Å². The molecular formula is C14H19N3O3. The highest BCUT2D eigenvalue weighted by Gasteiger charge is 2.35. The highest BCUT2D eigenvalue weighted by molar-refractivity contribution is 6.01. The molecule has 0 radical (unpaired) electrons. The molecule has 2 rings (SSSR count). The molecule has 1 aromatic rings. The van der Waals surface area contributed by atoms with Crippen molar-refractivity contribution in [3.63, 3.8) is 0 Å². The Morgan fingerprint density at radius 3 is 2.85 bits per heavy atom. The van der Waals surface area contributed by atoms with Crippen LogP contribution in [0.4, 0.5) is 5.69 Å². The minimum Gasteiger partial charge on any atom is -0.494 e. The molecule has 1 fully saturated rings. The van der Waals surface area contributed by atoms with E-state index >= 15 is 0 Å². The third-order valence-corrected chi connectivity index (χ3v) is 3.54. The molecule has 6 nitrogen and oxygen atoms in total. The number of likely N-dealkylation sites (tertiary alicyclic amines) is 1. The molecule has 20 heavy (non-hydrogen) atoms. The molecule has 1 atom stereocenters. The summed E-state index contributed by atoms with van der Waals surface area (Å²) in [5.41, 5.74) is 6.62. The predicted molar refractivity (Wildman–Crippen MR) is 75.5 cm³/mol. The smallest absolute Gasteiger partial charge is 0.258 e. The van der Waals surface area contributed by atoms with Crippen molar-refractivity contribution in [1.29, 1.82) is 0 Å². The summed E-state index contributed by atoms with van der Waals surface area (Å²) >= 11 is 0. The Bertz CT molecular complexity index is 530. The number of nitrogens with zero attached hydrogens (tertiary/aromatic N) is 1. The third-order valence-electron chi connectivity index (χ3n) is 3.54. The summed E-state index contributed by atoms with van der Waals surface area (Å²) in [4.78, 5) is 26.0. The van der Waals surface area contributed by atoms with Gasteiger partial charge in [-0.1, -0.05) is 6.07 Å². The monoisotopic (exact) mass is 277 g/mol. The molecule has 1 saturated heterocycles. The van der Waals surface area contributed by atoms with Crippen LogP contribution in [0, 0.1) is 0 Å². The van der Waals surface area contributed by atoms with E-state index in [1.54, 1.807) is 30.1 Å². The number of nitrogen functional groups attached to an aromatic ring is 1. The number of amides is 2. The lowest BCUT2D eigenvalue weighted by Crippen LogP contribution is -2.45. The molecule has 6 heteroatoms. The molecule has 1 aliphatic rings. The van der Waals surface area contributed by atoms with Gasteiger partial charge in [-0.15, -0.1) is 0 Å². The molecule has 0 saturated carbocycles. The molecule has 0 spiro atoms. The quantitative estimate of drug-likeness (QED) is 0.794. The van der Waals surface area contributed by atoms with Crippen LogP contribution < -0.4 is 15.8 Å². The minimum atomic E-state index is -0.418. The van der Waals surface area contributed by atoms with Crippen molar-refractivity contribution in [2.24, 2.45) is 0 Å². The molecule has 1 unspecified atom stereocenters. The molecular weight excluding hydrogens is 258 g/mol. The van der Waals surface area contributed by atoms with Gasteiger partial charge in [-0.05, 0) is 25.0 Å². The summed E-state index contributed by atoms with van der Waals surface area (Å²) in [6.45, 7) is 0.564. The maximum atomic E-state index is 12.6. The molecule has 1 heterocycles. The van der Waals surface area contributed by atoms with Gasteiger partial charge >= 0.3 is 0 Å². The molecule has 1 aliphatic heterocycles. The standard InChI is InChI=1S/C14H19N3O3/c1-16-13(18)11-7-4-8-17(11)14(19)9-5-3-6-10(15)12(9)20-2/h3,5-6,11H,4,7-8,15H2,1-2H3,(H,16,18). The van der Waals surface area contributed by atoms with Crippen LogP contribution in [0.1, 0.15) is 23.2 Å². The van der Waals surface area contributed by atoms with E-state index in [1.807, 2.05) is 0 Å². The zero-order valence-electron chi connectivity index (χ0n) is 11.7. The molecule has 1 aromatic carbocycles. The van der Waals surface area contributed by atoms with E-state index < -0.39 is 6.04 Å². The minimum absolute atomic E-state index is 0.140. The number of likely N-dealkylation sites (N-methyl/N-ethyl adjacent to an activating group) is 1. The fourth-order valence-corrected chi connectivity index (χ4v) is 2.55. The topological polar surface area (TPSA) is 84.7 Å². The summed E-state index contributed by atoms with van der Waals surface area (Å²) in [6.07, 6.45) is 1.49. The molecule has 2 amide bonds. The molecule has 0 aromatic heterocycles. The maximum absolute atomic E-state index is 12.6. The van der Waals surface area contributed by atoms with Gasteiger partial charge in [0.1, 0.15) is 6.04 Å². The summed E-state index contributed by atoms with van der Waals surface area (Å²) in [7, 11) is 3.05. The number of nitrogens with one attached hydrogen (secondary N) is 1. The Hall–Kier alpha value is -2.24. The number of hydrogen-bond donors (Lipinski definition) is 2. The summed E-state index contributed by atoms with van der Waals surface area (Å²) < 4.78 is 5.21. The average molecular weight is 277 g/mol. The number of hydrogen-bond acceptors (Lipinski definition) is 4. The van der Waals surface area contributed by atoms with Crippen LogP contribution in [0.25, 0.3) is 0 Å². The zero-order chi connectivity index (χ0) is 14.7. The average Bonchev–Trinajstić information content (AvgIpc) is 2.94. The first-order valence-electron chi connectivity index (χ1n) is 6.55. The van der Waals surface area contributed by atoms with E-state index in [9.17, 15) is 9.59 Å². The fourth-order valence-electron chi connectivity index (χ4n) is 2.55. The molecule has 3 N–H and O–H groups in total. The predicted octanol–water partition coefficient (Wildman–Crippen LogP) is 0.628. The maximum Gasteiger partial charge on any atom is 0.258 e. The van der Waals surface area contributed by atoms with E-state index in [0.717, 1.165) is 6.42 Å². The van der Waals surface area contributed by atoms with Crippen LogP contribution in [-0.2, 0) is 4.79 Å². The first-order chi connectivity index (χ1) is 9.60. The van der Waals surface area contributed by atoms with Crippen molar-refractivity contribution in [2.75, 3.05) is 26.4 Å². The largest absolute Gasteiger partial charge is 0.494 e. The first kappa shape index (κ1) is 14.2. The van der Waals surface area contributed by atoms with Gasteiger partial charge in [0.15, 0.2) is 5.75 Å². The fraction of sp³-hybridized carbons (Fsp3) is 0.429. The Kier molecular flexibility index (Phi) is 4.12. The molecule has 0 bridgehead atoms. The summed E-state index contributed by atoms with van der Waals surface area (Å²) in [6, 6.07) is 4.63. The van der Waals surface area contributed by atoms with Crippen molar-refractivity contribution in [2.45, 2.75) is 18.9 Å². The van der Waals surface area contributed by atoms with E-state index in [1.165, 1.54) is 7.11 Å². The van der Waals surface area contributed by atoms with Gasteiger partial charge in [-0.25, -0.2) is 0 Å². The van der Waals surface area contributed by atoms with E-state index in [4.69, 9.17) is 10.5 Å². The Morgan fingerprint density at radius 2 is 2.20 bits per heavy atom. The van der Waals surface area contributed by atoms with Crippen LogP contribution in [0.5, 0.6) is 5.75 Å². The van der Waals surface area contributed by atoms with Crippen molar-refractivity contribution in [3.8, 4) is 5.75 Å². The lowest BCUT2D eigenvalue weighted by Gasteiger charge is -2.24. The number of carbonyl (C=O) groups excluding carboxylic acids is 2. The zero-order valence-corrected chi connectivity index (χ0v) is 11.7. The van der Waals surface area contributed by atoms with Crippen molar-refractivity contribution in [1.82, 2.24) is 10.2 Å². The number of methoxy groups -OCH3 is 1. The van der Waals surface area contributed by atoms with Crippen LogP contribution >= 0.6 is 0 Å². The highest BCUT2D eigenvalue weighted by Crippen LogP contribution is 2.29. The number of rotatable bonds is 3. The van der Waals surface area contributed by atoms with E-state index in [-0.39, 0.29) is 11.8 Å². The highest BCUT2D eigenvalue weighted by atomic mass is 16.5. The number of anilines is 1. The van der Waals surface area contributed by atoms with Gasteiger partial charge in [0.05, 0.1) is 18.4 Å². The van der Waals surface area contributed by atoms with Gasteiger partial charge in [-0.3, -0.25) is 9.59 Å². The van der Waals surface area contributed by atoms with Crippen molar-refractivity contribution >= 4 is 17.5 Å². The first-order valence-corrected chi connectivity index (χ1v) is 6.55.